The van der Waals surface area contributed by atoms with E-state index in [1.54, 1.807) is 14.2 Å². The molecule has 0 spiro atoms. The molecule has 152 valence electrons. The van der Waals surface area contributed by atoms with Gasteiger partial charge in [0.2, 0.25) is 0 Å². The Morgan fingerprint density at radius 1 is 0.571 bits per heavy atom. The van der Waals surface area contributed by atoms with Crippen LogP contribution in [0.3, 0.4) is 0 Å². The summed E-state index contributed by atoms with van der Waals surface area (Å²) in [6.45, 7) is 0. The van der Waals surface area contributed by atoms with Gasteiger partial charge in [0, 0.05) is 25.0 Å². The fraction of sp³-hybridized carbons (Fsp3) is 0.400. The fourth-order valence-corrected chi connectivity index (χ4v) is 5.72. The lowest BCUT2D eigenvalue weighted by Gasteiger charge is -2.21. The molecule has 0 N–H and O–H groups in total. The van der Waals surface area contributed by atoms with Crippen molar-refractivity contribution in [1.29, 1.82) is 0 Å². The molecule has 3 rings (SSSR count). The van der Waals surface area contributed by atoms with E-state index in [9.17, 15) is 0 Å². The van der Waals surface area contributed by atoms with E-state index in [0.717, 1.165) is 22.6 Å². The van der Waals surface area contributed by atoms with Crippen LogP contribution in [0.2, 0.25) is 0 Å². The van der Waals surface area contributed by atoms with Crippen molar-refractivity contribution in [2.24, 2.45) is 17.5 Å². The lowest BCUT2D eigenvalue weighted by molar-refractivity contribution is 0.414. The van der Waals surface area contributed by atoms with E-state index in [1.165, 1.54) is 0 Å². The Kier molecular flexibility index (Phi) is 6.00. The normalized spacial score (nSPS) is 22.9. The van der Waals surface area contributed by atoms with Gasteiger partial charge >= 0.3 is 0 Å². The van der Waals surface area contributed by atoms with Gasteiger partial charge in [-0.25, -0.2) is 17.5 Å². The number of methoxy groups -OCH3 is 2. The molecule has 0 aliphatic carbocycles. The minimum absolute atomic E-state index is 0.273. The van der Waals surface area contributed by atoms with Gasteiger partial charge in [-0.05, 0) is 35.4 Å². The van der Waals surface area contributed by atoms with Crippen molar-refractivity contribution in [3.8, 4) is 11.5 Å². The fourth-order valence-electron chi connectivity index (χ4n) is 2.87. The third-order valence-electron chi connectivity index (χ3n) is 4.26. The molecule has 0 atom stereocenters. The van der Waals surface area contributed by atoms with E-state index in [4.69, 9.17) is 26.9 Å². The second-order valence-corrected chi connectivity index (χ2v) is 12.9. The summed E-state index contributed by atoms with van der Waals surface area (Å²) < 4.78 is 30.7. The predicted octanol–water partition coefficient (Wildman–Crippen LogP) is 4.98. The molecule has 28 heavy (non-hydrogen) atoms. The summed E-state index contributed by atoms with van der Waals surface area (Å²) in [5, 5.41) is 0. The number of rotatable bonds is 4. The first-order chi connectivity index (χ1) is 13.2. The molecule has 1 aliphatic heterocycles. The smallest absolute Gasteiger partial charge is 0.180 e. The molecule has 2 aromatic carbocycles. The van der Waals surface area contributed by atoms with Crippen LogP contribution in [0.5, 0.6) is 11.5 Å². The summed E-state index contributed by atoms with van der Waals surface area (Å²) in [6, 6.07) is 15.8. The summed E-state index contributed by atoms with van der Waals surface area (Å²) in [6.07, 6.45) is 7.78. The van der Waals surface area contributed by atoms with Crippen molar-refractivity contribution < 1.29 is 9.47 Å². The van der Waals surface area contributed by atoms with Crippen LogP contribution < -0.4 is 9.47 Å². The van der Waals surface area contributed by atoms with Gasteiger partial charge in [0.25, 0.3) is 0 Å². The monoisotopic (exact) mass is 420 g/mol. The first-order valence-electron chi connectivity index (χ1n) is 8.84. The van der Waals surface area contributed by atoms with Crippen LogP contribution in [-0.4, -0.2) is 39.2 Å². The topological polar surface area (TPSA) is 67.9 Å². The zero-order valence-electron chi connectivity index (χ0n) is 17.2. The molecule has 0 fully saturated rings. The maximum atomic E-state index is 5.27. The summed E-state index contributed by atoms with van der Waals surface area (Å²) in [4.78, 5) is 0. The van der Waals surface area contributed by atoms with Crippen molar-refractivity contribution in [1.82, 2.24) is 0 Å². The Balaban J connectivity index is 2.10. The summed E-state index contributed by atoms with van der Waals surface area (Å²) in [5.74, 6) is 1.64. The Hall–Kier alpha value is -2.06. The summed E-state index contributed by atoms with van der Waals surface area (Å²) >= 11 is 0. The highest BCUT2D eigenvalue weighted by atomic mass is 32.2. The van der Waals surface area contributed by atoms with Crippen LogP contribution in [0.1, 0.15) is 23.5 Å². The molecule has 8 heteroatoms. The van der Waals surface area contributed by atoms with E-state index in [0.29, 0.717) is 0 Å². The number of hydrogen-bond donors (Lipinski definition) is 0. The van der Waals surface area contributed by atoms with Crippen molar-refractivity contribution in [3.05, 3.63) is 59.7 Å². The molecular weight excluding hydrogens is 392 g/mol. The molecule has 0 bridgehead atoms. The second-order valence-electron chi connectivity index (χ2n) is 7.16. The van der Waals surface area contributed by atoms with E-state index < -0.39 is 19.2 Å². The summed E-state index contributed by atoms with van der Waals surface area (Å²) in [7, 11) is 0.117. The van der Waals surface area contributed by atoms with Crippen molar-refractivity contribution in [2.75, 3.05) is 39.2 Å². The maximum Gasteiger partial charge on any atom is 0.180 e. The first kappa shape index (κ1) is 20.7. The molecular formula is C20H28N4O2S2. The van der Waals surface area contributed by atoms with E-state index in [2.05, 4.69) is 25.0 Å². The van der Waals surface area contributed by atoms with Crippen LogP contribution in [0.4, 0.5) is 0 Å². The SMILES string of the molecule is COc1ccc(C2N=S(C)(C)=NC(c3ccc(OC)cc3)N=S(C)(C)=N2)cc1. The highest BCUT2D eigenvalue weighted by molar-refractivity contribution is 7.95. The third kappa shape index (κ3) is 5.05. The second kappa shape index (κ2) is 8.13. The van der Waals surface area contributed by atoms with Crippen LogP contribution in [0, 0.1) is 0 Å². The Morgan fingerprint density at radius 3 is 1.11 bits per heavy atom. The van der Waals surface area contributed by atoms with E-state index in [1.807, 2.05) is 48.5 Å². The first-order valence-corrected chi connectivity index (χ1v) is 13.6. The van der Waals surface area contributed by atoms with Gasteiger partial charge in [0.1, 0.15) is 11.5 Å². The molecule has 1 heterocycles. The van der Waals surface area contributed by atoms with Crippen LogP contribution in [-0.2, 0) is 19.2 Å². The number of nitrogens with zero attached hydrogens (tertiary/aromatic N) is 4. The molecule has 0 aromatic heterocycles. The van der Waals surface area contributed by atoms with Crippen molar-refractivity contribution in [2.45, 2.75) is 12.3 Å². The highest BCUT2D eigenvalue weighted by Gasteiger charge is 2.17. The largest absolute Gasteiger partial charge is 0.497 e. The highest BCUT2D eigenvalue weighted by Crippen LogP contribution is 2.31. The zero-order chi connectivity index (χ0) is 20.4. The van der Waals surface area contributed by atoms with E-state index >= 15 is 0 Å². The van der Waals surface area contributed by atoms with Gasteiger partial charge in [-0.15, -0.1) is 0 Å². The number of hydrogen-bond acceptors (Lipinski definition) is 6. The van der Waals surface area contributed by atoms with E-state index in [-0.39, 0.29) is 12.3 Å². The van der Waals surface area contributed by atoms with Gasteiger partial charge in [-0.3, -0.25) is 0 Å². The van der Waals surface area contributed by atoms with Gasteiger partial charge in [-0.1, -0.05) is 43.5 Å². The minimum Gasteiger partial charge on any atom is -0.497 e. The molecule has 0 amide bonds. The molecule has 6 nitrogen and oxygen atoms in total. The molecule has 2 aromatic rings. The van der Waals surface area contributed by atoms with Crippen LogP contribution in [0.15, 0.2) is 66.0 Å². The third-order valence-corrected chi connectivity index (χ3v) is 7.12. The summed E-state index contributed by atoms with van der Waals surface area (Å²) in [5.41, 5.74) is 2.07. The molecule has 0 unspecified atom stereocenters. The Labute approximate surface area is 168 Å². The molecule has 0 radical (unpaired) electrons. The van der Waals surface area contributed by atoms with Gasteiger partial charge < -0.3 is 9.47 Å². The predicted molar refractivity (Wildman–Crippen MR) is 120 cm³/mol. The van der Waals surface area contributed by atoms with Gasteiger partial charge in [-0.2, -0.15) is 0 Å². The van der Waals surface area contributed by atoms with Crippen molar-refractivity contribution >= 4 is 19.2 Å². The minimum atomic E-state index is -1.61. The molecule has 0 saturated carbocycles. The number of ether oxygens (including phenoxy) is 2. The van der Waals surface area contributed by atoms with Gasteiger partial charge in [0.15, 0.2) is 12.3 Å². The zero-order valence-corrected chi connectivity index (χ0v) is 18.8. The quantitative estimate of drug-likeness (QED) is 0.700. The lowest BCUT2D eigenvalue weighted by Crippen LogP contribution is -2.09. The van der Waals surface area contributed by atoms with Crippen LogP contribution in [0.25, 0.3) is 0 Å². The van der Waals surface area contributed by atoms with Gasteiger partial charge in [0.05, 0.1) is 14.2 Å². The maximum absolute atomic E-state index is 5.27. The van der Waals surface area contributed by atoms with Crippen LogP contribution >= 0.6 is 0 Å². The average Bonchev–Trinajstić information content (AvgIpc) is 2.65. The average molecular weight is 421 g/mol. The molecule has 1 aliphatic rings. The Morgan fingerprint density at radius 2 is 0.857 bits per heavy atom. The lowest BCUT2D eigenvalue weighted by atomic mass is 10.2. The Bertz CT molecular complexity index is 953. The number of benzene rings is 2. The van der Waals surface area contributed by atoms with Crippen molar-refractivity contribution in [3.63, 3.8) is 0 Å². The standard InChI is InChI=1S/C20H28N4O2S2/c1-25-17-11-7-15(8-12-17)19-21-27(3,4)23-20(24-28(5,6)22-19)16-9-13-18(26-2)14-10-16/h7-14,19-20H,1-6H3. The molecule has 0 saturated heterocycles.